The van der Waals surface area contributed by atoms with E-state index in [4.69, 9.17) is 79.4 Å². The maximum atomic E-state index is 11.9. The van der Waals surface area contributed by atoms with E-state index >= 15 is 0 Å². The summed E-state index contributed by atoms with van der Waals surface area (Å²) in [4.78, 5) is 70.8. The van der Waals surface area contributed by atoms with Gasteiger partial charge in [0.1, 0.15) is 47.3 Å². The van der Waals surface area contributed by atoms with Crippen LogP contribution < -0.4 is 0 Å². The molecule has 0 N–H and O–H groups in total. The van der Waals surface area contributed by atoms with Crippen LogP contribution in [0.15, 0.2) is 214 Å². The molecule has 4 aliphatic rings. The molecule has 0 saturated carbocycles. The Morgan fingerprint density at radius 2 is 0.602 bits per heavy atom. The number of hydrogen-bond acceptors (Lipinski definition) is 16. The summed E-state index contributed by atoms with van der Waals surface area (Å²) in [6.45, 7) is 27.2. The van der Waals surface area contributed by atoms with Crippen LogP contribution in [0, 0.1) is 55.0 Å². The first-order valence-corrected chi connectivity index (χ1v) is 36.4. The zero-order valence-electron chi connectivity index (χ0n) is 61.3. The lowest BCUT2D eigenvalue weighted by Crippen LogP contribution is -2.08. The fraction of sp³-hybridized carbons (Fsp3) is 0.216. The number of fused-ring (bicyclic) bond motifs is 12. The number of nitrogens with zero attached hydrogens (tertiary/aromatic N) is 9. The van der Waals surface area contributed by atoms with Gasteiger partial charge in [-0.1, -0.05) is 206 Å². The molecule has 0 saturated heterocycles. The number of benzene rings is 8. The Kier molecular flexibility index (Phi) is 22.0. The van der Waals surface area contributed by atoms with Gasteiger partial charge in [-0.25, -0.2) is 4.85 Å². The van der Waals surface area contributed by atoms with Gasteiger partial charge in [-0.05, 0) is 146 Å². The van der Waals surface area contributed by atoms with E-state index in [0.717, 1.165) is 134 Å². The minimum atomic E-state index is -0.476. The molecule has 4 aliphatic heterocycles. The van der Waals surface area contributed by atoms with E-state index in [1.807, 2.05) is 132 Å². The summed E-state index contributed by atoms with van der Waals surface area (Å²) in [5.74, 6) is 2.74. The van der Waals surface area contributed by atoms with E-state index in [9.17, 15) is 19.2 Å². The van der Waals surface area contributed by atoms with Crippen LogP contribution in [0.5, 0.6) is 0 Å². The van der Waals surface area contributed by atoms with Gasteiger partial charge in [-0.2, -0.15) is 0 Å². The number of carbonyl (C=O) groups is 4. The molecule has 0 fully saturated rings. The van der Waals surface area contributed by atoms with Gasteiger partial charge in [-0.3, -0.25) is 39.1 Å². The van der Waals surface area contributed by atoms with Gasteiger partial charge in [0.15, 0.2) is 28.7 Å². The molecule has 0 spiro atoms. The number of halogens is 3. The summed E-state index contributed by atoms with van der Waals surface area (Å²) in [5, 5.41) is 18.5. The standard InChI is InChI=1S/C22H16ClN3O2.2C22H19ClN2O2.C22H20N2O2/c1-12(27)10-19-22-20(13(2)26-28-22)17-9-6-15(23)11-18(17)21(25-19)14-4-7-16(24-3)8-5-14;1-12-4-9-17-18(10-12)21(15-5-7-16(23)8-6-15)24-19(11-13(2)26)22-20(17)14(3)25-27-22;1-12-4-6-15(7-5-12)21-18-11-16(23)8-9-17(18)20-14(3)25-27-22(20)19(24-21)10-13(2)26;1-13-8-10-16(11-9-13)21-18-7-5-4-6-17(18)20-15(3)24-26-22(20)19(23-21)12-14(2)25/h4-9,11,19H,10H2,1-2H3;4-10,19H,11H2,1-3H3;4-9,11,19H,10H2,1-3H3;4-11,19H,12H2,1-3H3/t4*19-/m0000/s1. The molecule has 540 valence electrons. The number of Topliss-reactive ketones (excluding diaryl/α,β-unsaturated/α-hetero) is 4. The van der Waals surface area contributed by atoms with E-state index < -0.39 is 18.1 Å². The minimum absolute atomic E-state index is 0.0143. The maximum Gasteiger partial charge on any atom is 0.187 e. The number of carbonyl (C=O) groups excluding carboxylic acids is 4. The molecule has 108 heavy (non-hydrogen) atoms. The third kappa shape index (κ3) is 15.8. The number of aryl methyl sites for hydroxylation is 7. The molecule has 16 rings (SSSR count). The van der Waals surface area contributed by atoms with Crippen LogP contribution in [0.2, 0.25) is 15.1 Å². The monoisotopic (exact) mass is 1490 g/mol. The van der Waals surface area contributed by atoms with Gasteiger partial charge in [0.05, 0.1) is 74.4 Å². The second-order valence-electron chi connectivity index (χ2n) is 27.5. The molecule has 17 nitrogen and oxygen atoms in total. The van der Waals surface area contributed by atoms with Crippen molar-refractivity contribution in [2.24, 2.45) is 20.0 Å². The largest absolute Gasteiger partial charge is 0.358 e. The second-order valence-corrected chi connectivity index (χ2v) is 28.8. The highest BCUT2D eigenvalue weighted by Crippen LogP contribution is 2.47. The van der Waals surface area contributed by atoms with Crippen molar-refractivity contribution in [2.75, 3.05) is 0 Å². The molecule has 8 heterocycles. The van der Waals surface area contributed by atoms with E-state index in [0.29, 0.717) is 55.9 Å². The van der Waals surface area contributed by atoms with Crippen LogP contribution in [-0.2, 0) is 19.2 Å². The first kappa shape index (κ1) is 74.6. The van der Waals surface area contributed by atoms with E-state index in [2.05, 4.69) is 106 Å². The Morgan fingerprint density at radius 1 is 0.333 bits per heavy atom. The second kappa shape index (κ2) is 31.8. The summed E-state index contributed by atoms with van der Waals surface area (Å²) in [5.41, 5.74) is 25.7. The highest BCUT2D eigenvalue weighted by atomic mass is 35.5. The topological polar surface area (TPSA) is 226 Å². The fourth-order valence-corrected chi connectivity index (χ4v) is 14.5. The van der Waals surface area contributed by atoms with Crippen LogP contribution in [0.25, 0.3) is 49.4 Å². The molecule has 0 radical (unpaired) electrons. The molecule has 0 aliphatic carbocycles. The van der Waals surface area contributed by atoms with Crippen molar-refractivity contribution in [3.8, 4) is 44.5 Å². The van der Waals surface area contributed by atoms with Crippen molar-refractivity contribution in [1.29, 1.82) is 0 Å². The third-order valence-corrected chi connectivity index (χ3v) is 19.8. The van der Waals surface area contributed by atoms with Crippen LogP contribution >= 0.6 is 34.8 Å². The van der Waals surface area contributed by atoms with Crippen LogP contribution in [0.3, 0.4) is 0 Å². The summed E-state index contributed by atoms with van der Waals surface area (Å²) in [6, 6.07) is 55.5. The number of ketones is 4. The molecule has 4 aromatic heterocycles. The average molecular weight is 1490 g/mol. The normalized spacial score (nSPS) is 15.5. The van der Waals surface area contributed by atoms with E-state index in [1.165, 1.54) is 18.1 Å². The number of rotatable bonds is 12. The predicted molar refractivity (Wildman–Crippen MR) is 423 cm³/mol. The zero-order chi connectivity index (χ0) is 76.4. The molecule has 12 aromatic rings. The number of aromatic nitrogens is 4. The summed E-state index contributed by atoms with van der Waals surface area (Å²) >= 11 is 18.7. The molecule has 0 amide bonds. The minimum Gasteiger partial charge on any atom is -0.358 e. The Balaban J connectivity index is 0.000000127. The van der Waals surface area contributed by atoms with Gasteiger partial charge in [0, 0.05) is 79.7 Å². The molecule has 8 aromatic carbocycles. The van der Waals surface area contributed by atoms with Crippen LogP contribution in [-0.4, -0.2) is 66.6 Å². The Labute approximate surface area is 640 Å². The molecular weight excluding hydrogens is 1420 g/mol. The molecular formula is C88H74Cl3N9O8. The number of aliphatic imine (C=N–C) groups is 4. The van der Waals surface area contributed by atoms with Crippen molar-refractivity contribution < 1.29 is 37.3 Å². The summed E-state index contributed by atoms with van der Waals surface area (Å²) in [6.07, 6.45) is 1.04. The van der Waals surface area contributed by atoms with Gasteiger partial charge in [0.25, 0.3) is 0 Å². The first-order chi connectivity index (χ1) is 51.9. The lowest BCUT2D eigenvalue weighted by atomic mass is 9.91. The molecule has 0 unspecified atom stereocenters. The van der Waals surface area contributed by atoms with Crippen molar-refractivity contribution in [1.82, 2.24) is 20.6 Å². The van der Waals surface area contributed by atoms with E-state index in [1.54, 1.807) is 32.9 Å². The first-order valence-electron chi connectivity index (χ1n) is 35.2. The lowest BCUT2D eigenvalue weighted by molar-refractivity contribution is -0.118. The van der Waals surface area contributed by atoms with E-state index in [-0.39, 0.29) is 48.4 Å². The SMILES string of the molecule is CC(=O)C[C@@H]1N=C(c2ccc(C)cc2)c2cc(Cl)ccc2-c2c(C)noc21.CC(=O)C[C@@H]1N=C(c2ccc(C)cc2)c2ccccc2-c2c(C)noc21.CC(=O)C[C@@H]1N=C(c2ccc(Cl)cc2)c2cc(C)ccc2-c2c(C)noc21.[C-]#[N+]c1ccc(C2=N[C@@H](CC(C)=O)c3onc(C)c3-c3ccc(Cl)cc32)cc1. The highest BCUT2D eigenvalue weighted by molar-refractivity contribution is 6.33. The van der Waals surface area contributed by atoms with Crippen LogP contribution in [0.4, 0.5) is 5.69 Å². The van der Waals surface area contributed by atoms with Gasteiger partial charge < -0.3 is 18.1 Å². The van der Waals surface area contributed by atoms with Crippen LogP contribution in [0.1, 0.15) is 185 Å². The fourth-order valence-electron chi connectivity index (χ4n) is 14.0. The van der Waals surface area contributed by atoms with Gasteiger partial charge in [-0.15, -0.1) is 0 Å². The van der Waals surface area contributed by atoms with Crippen molar-refractivity contribution in [3.63, 3.8) is 0 Å². The molecule has 0 bridgehead atoms. The smallest absolute Gasteiger partial charge is 0.187 e. The summed E-state index contributed by atoms with van der Waals surface area (Å²) < 4.78 is 22.5. The quantitative estimate of drug-likeness (QED) is 0.104. The maximum absolute atomic E-state index is 11.9. The van der Waals surface area contributed by atoms with Gasteiger partial charge in [0.2, 0.25) is 0 Å². The highest BCUT2D eigenvalue weighted by Gasteiger charge is 2.36. The average Bonchev–Trinajstić information content (AvgIpc) is 1.64. The molecule has 20 heteroatoms. The van der Waals surface area contributed by atoms with Crippen molar-refractivity contribution in [3.05, 3.63) is 309 Å². The Morgan fingerprint density at radius 3 is 0.935 bits per heavy atom. The van der Waals surface area contributed by atoms with Gasteiger partial charge >= 0.3 is 0 Å². The third-order valence-electron chi connectivity index (χ3n) is 19.0. The zero-order valence-corrected chi connectivity index (χ0v) is 63.6. The Hall–Kier alpha value is -11.7. The summed E-state index contributed by atoms with van der Waals surface area (Å²) in [7, 11) is 0. The molecule has 4 atom stereocenters. The number of hydrogen-bond donors (Lipinski definition) is 0. The van der Waals surface area contributed by atoms with Crippen molar-refractivity contribution in [2.45, 2.75) is 126 Å². The van der Waals surface area contributed by atoms with Crippen molar-refractivity contribution >= 4 is 86.5 Å². The lowest BCUT2D eigenvalue weighted by Gasteiger charge is -2.12. The Bertz CT molecular complexity index is 5520. The predicted octanol–water partition coefficient (Wildman–Crippen LogP) is 21.5.